The summed E-state index contributed by atoms with van der Waals surface area (Å²) in [6.07, 6.45) is 0. The first-order valence-electron chi connectivity index (χ1n) is 6.12. The predicted molar refractivity (Wildman–Crippen MR) is 81.7 cm³/mol. The van der Waals surface area contributed by atoms with Gasteiger partial charge in [-0.05, 0) is 23.8 Å². The van der Waals surface area contributed by atoms with Gasteiger partial charge in [-0.15, -0.1) is 0 Å². The average molecular weight is 326 g/mol. The van der Waals surface area contributed by atoms with Crippen LogP contribution in [-0.4, -0.2) is 27.6 Å². The van der Waals surface area contributed by atoms with Crippen LogP contribution in [0.4, 0.5) is 0 Å². The maximum atomic E-state index is 12.3. The van der Waals surface area contributed by atoms with Gasteiger partial charge in [0.15, 0.2) is 0 Å². The van der Waals surface area contributed by atoms with E-state index in [0.717, 1.165) is 10.2 Å². The first kappa shape index (κ1) is 15.5. The molecule has 1 amide bonds. The van der Waals surface area contributed by atoms with Crippen molar-refractivity contribution in [1.29, 1.82) is 0 Å². The van der Waals surface area contributed by atoms with E-state index in [2.05, 4.69) is 5.10 Å². The van der Waals surface area contributed by atoms with Gasteiger partial charge >= 0.3 is 0 Å². The molecule has 0 radical (unpaired) electrons. The van der Waals surface area contributed by atoms with E-state index in [9.17, 15) is 9.59 Å². The number of carbonyl (C=O) groups excluding carboxylic acids is 1. The van der Waals surface area contributed by atoms with E-state index >= 15 is 0 Å². The summed E-state index contributed by atoms with van der Waals surface area (Å²) < 4.78 is 1.13. The van der Waals surface area contributed by atoms with E-state index in [1.807, 2.05) is 0 Å². The predicted octanol–water partition coefficient (Wildman–Crippen LogP) is 2.36. The topological polar surface area (TPSA) is 55.2 Å². The highest BCUT2D eigenvalue weighted by molar-refractivity contribution is 6.42. The van der Waals surface area contributed by atoms with Crippen LogP contribution in [0.3, 0.4) is 0 Å². The lowest BCUT2D eigenvalue weighted by Crippen LogP contribution is -2.30. The number of hydrogen-bond donors (Lipinski definition) is 0. The second kappa shape index (κ2) is 6.28. The standard InChI is InChI=1S/C14H13Cl2N3O2/c1-18(8-9-3-4-10(15)11(16)7-9)14(21)12-5-6-13(20)19(2)17-12/h3-7H,8H2,1-2H3. The Morgan fingerprint density at radius 3 is 2.57 bits per heavy atom. The molecular weight excluding hydrogens is 313 g/mol. The van der Waals surface area contributed by atoms with Crippen molar-refractivity contribution < 1.29 is 4.79 Å². The Bertz CT molecular complexity index is 743. The van der Waals surface area contributed by atoms with Gasteiger partial charge in [0.1, 0.15) is 5.69 Å². The number of hydrogen-bond acceptors (Lipinski definition) is 3. The molecule has 0 saturated carbocycles. The van der Waals surface area contributed by atoms with Crippen molar-refractivity contribution in [1.82, 2.24) is 14.7 Å². The van der Waals surface area contributed by atoms with Gasteiger partial charge in [-0.2, -0.15) is 5.10 Å². The first-order valence-corrected chi connectivity index (χ1v) is 6.88. The van der Waals surface area contributed by atoms with Crippen LogP contribution in [0.1, 0.15) is 16.1 Å². The second-order valence-corrected chi connectivity index (χ2v) is 5.40. The molecule has 0 bridgehead atoms. The maximum absolute atomic E-state index is 12.3. The smallest absolute Gasteiger partial charge is 0.274 e. The van der Waals surface area contributed by atoms with Crippen LogP contribution < -0.4 is 5.56 Å². The fraction of sp³-hybridized carbons (Fsp3) is 0.214. The molecule has 0 aliphatic carbocycles. The van der Waals surface area contributed by atoms with Crippen LogP contribution in [0.5, 0.6) is 0 Å². The maximum Gasteiger partial charge on any atom is 0.274 e. The highest BCUT2D eigenvalue weighted by Gasteiger charge is 2.14. The molecule has 0 spiro atoms. The van der Waals surface area contributed by atoms with Crippen molar-refractivity contribution in [2.75, 3.05) is 7.05 Å². The van der Waals surface area contributed by atoms with Crippen molar-refractivity contribution in [3.63, 3.8) is 0 Å². The molecule has 1 heterocycles. The third-order valence-electron chi connectivity index (χ3n) is 2.93. The lowest BCUT2D eigenvalue weighted by molar-refractivity contribution is 0.0776. The number of benzene rings is 1. The Morgan fingerprint density at radius 2 is 1.95 bits per heavy atom. The Hall–Kier alpha value is -1.85. The van der Waals surface area contributed by atoms with E-state index in [-0.39, 0.29) is 17.2 Å². The van der Waals surface area contributed by atoms with Crippen LogP contribution in [0, 0.1) is 0 Å². The third-order valence-corrected chi connectivity index (χ3v) is 3.67. The highest BCUT2D eigenvalue weighted by atomic mass is 35.5. The SMILES string of the molecule is CN(Cc1ccc(Cl)c(Cl)c1)C(=O)c1ccc(=O)n(C)n1. The lowest BCUT2D eigenvalue weighted by atomic mass is 10.2. The minimum atomic E-state index is -0.281. The van der Waals surface area contributed by atoms with Gasteiger partial charge in [0.2, 0.25) is 0 Å². The highest BCUT2D eigenvalue weighted by Crippen LogP contribution is 2.23. The third kappa shape index (κ3) is 3.62. The van der Waals surface area contributed by atoms with Crippen LogP contribution in [0.2, 0.25) is 10.0 Å². The molecule has 0 aliphatic heterocycles. The van der Waals surface area contributed by atoms with Crippen molar-refractivity contribution in [2.45, 2.75) is 6.54 Å². The zero-order chi connectivity index (χ0) is 15.6. The van der Waals surface area contributed by atoms with Gasteiger partial charge in [-0.3, -0.25) is 9.59 Å². The van der Waals surface area contributed by atoms with E-state index in [1.165, 1.54) is 24.1 Å². The Morgan fingerprint density at radius 1 is 1.24 bits per heavy atom. The average Bonchev–Trinajstić information content (AvgIpc) is 2.45. The van der Waals surface area contributed by atoms with Crippen molar-refractivity contribution in [3.8, 4) is 0 Å². The quantitative estimate of drug-likeness (QED) is 0.870. The summed E-state index contributed by atoms with van der Waals surface area (Å²) >= 11 is 11.8. The Kier molecular flexibility index (Phi) is 4.65. The molecule has 0 N–H and O–H groups in total. The largest absolute Gasteiger partial charge is 0.336 e. The summed E-state index contributed by atoms with van der Waals surface area (Å²) in [7, 11) is 3.15. The van der Waals surface area contributed by atoms with E-state index in [0.29, 0.717) is 16.6 Å². The van der Waals surface area contributed by atoms with Gasteiger partial charge in [0, 0.05) is 26.7 Å². The molecule has 21 heavy (non-hydrogen) atoms. The molecule has 1 aromatic heterocycles. The molecule has 0 aliphatic rings. The van der Waals surface area contributed by atoms with Gasteiger partial charge in [-0.25, -0.2) is 4.68 Å². The van der Waals surface area contributed by atoms with Crippen LogP contribution >= 0.6 is 23.2 Å². The Labute approximate surface area is 131 Å². The molecule has 110 valence electrons. The summed E-state index contributed by atoms with van der Waals surface area (Å²) in [5.41, 5.74) is 0.795. The van der Waals surface area contributed by atoms with Gasteiger partial charge in [0.25, 0.3) is 11.5 Å². The lowest BCUT2D eigenvalue weighted by Gasteiger charge is -2.17. The van der Waals surface area contributed by atoms with Gasteiger partial charge in [-0.1, -0.05) is 29.3 Å². The summed E-state index contributed by atoms with van der Waals surface area (Å²) in [4.78, 5) is 25.0. The van der Waals surface area contributed by atoms with Gasteiger partial charge < -0.3 is 4.90 Å². The molecule has 0 unspecified atom stereocenters. The van der Waals surface area contributed by atoms with Crippen molar-refractivity contribution >= 4 is 29.1 Å². The molecule has 0 saturated heterocycles. The normalized spacial score (nSPS) is 10.5. The molecule has 0 fully saturated rings. The minimum Gasteiger partial charge on any atom is -0.336 e. The molecule has 2 rings (SSSR count). The zero-order valence-corrected chi connectivity index (χ0v) is 13.0. The minimum absolute atomic E-state index is 0.208. The van der Waals surface area contributed by atoms with E-state index in [4.69, 9.17) is 23.2 Å². The number of carbonyl (C=O) groups is 1. The number of aromatic nitrogens is 2. The van der Waals surface area contributed by atoms with Crippen LogP contribution in [0.25, 0.3) is 0 Å². The molecule has 2 aromatic rings. The summed E-state index contributed by atoms with van der Waals surface area (Å²) in [5.74, 6) is -0.281. The summed E-state index contributed by atoms with van der Waals surface area (Å²) in [6, 6.07) is 7.92. The monoisotopic (exact) mass is 325 g/mol. The number of aryl methyl sites for hydroxylation is 1. The van der Waals surface area contributed by atoms with Crippen molar-refractivity contribution in [2.24, 2.45) is 7.05 Å². The first-order chi connectivity index (χ1) is 9.88. The molecule has 5 nitrogen and oxygen atoms in total. The van der Waals surface area contributed by atoms with E-state index < -0.39 is 0 Å². The van der Waals surface area contributed by atoms with Crippen molar-refractivity contribution in [3.05, 3.63) is 62.0 Å². The zero-order valence-electron chi connectivity index (χ0n) is 11.5. The molecular formula is C14H13Cl2N3O2. The van der Waals surface area contributed by atoms with Crippen LogP contribution in [-0.2, 0) is 13.6 Å². The fourth-order valence-electron chi connectivity index (χ4n) is 1.80. The fourth-order valence-corrected chi connectivity index (χ4v) is 2.12. The molecule has 1 aromatic carbocycles. The van der Waals surface area contributed by atoms with Gasteiger partial charge in [0.05, 0.1) is 10.0 Å². The Balaban J connectivity index is 2.17. The molecule has 7 heteroatoms. The molecule has 0 atom stereocenters. The van der Waals surface area contributed by atoms with E-state index in [1.54, 1.807) is 25.2 Å². The summed E-state index contributed by atoms with van der Waals surface area (Å²) in [5, 5.41) is 4.84. The second-order valence-electron chi connectivity index (χ2n) is 4.59. The number of amides is 1. The van der Waals surface area contributed by atoms with Crippen LogP contribution in [0.15, 0.2) is 35.1 Å². The number of halogens is 2. The number of rotatable bonds is 3. The summed E-state index contributed by atoms with van der Waals surface area (Å²) in [6.45, 7) is 0.361. The number of nitrogens with zero attached hydrogens (tertiary/aromatic N) is 3.